The Morgan fingerprint density at radius 2 is 1.90 bits per heavy atom. The van der Waals surface area contributed by atoms with E-state index in [0.717, 1.165) is 23.4 Å². The normalized spacial score (nSPS) is 19.1. The first-order valence-corrected chi connectivity index (χ1v) is 8.25. The first-order chi connectivity index (χ1) is 10.3. The van der Waals surface area contributed by atoms with Gasteiger partial charge in [0.15, 0.2) is 11.5 Å². The SMILES string of the molecule is Bc1cc(/C=N/C2CCCCC2)c(CC)c2c1OCCO2. The minimum Gasteiger partial charge on any atom is -0.487 e. The number of nitrogens with zero attached hydrogens (tertiary/aromatic N) is 1. The maximum Gasteiger partial charge on any atom is 0.164 e. The van der Waals surface area contributed by atoms with Gasteiger partial charge in [-0.05, 0) is 30.3 Å². The smallest absolute Gasteiger partial charge is 0.164 e. The number of fused-ring (bicyclic) bond motifs is 1. The highest BCUT2D eigenvalue weighted by Gasteiger charge is 2.20. The quantitative estimate of drug-likeness (QED) is 0.628. The minimum atomic E-state index is 0.511. The molecule has 0 unspecified atom stereocenters. The number of rotatable bonds is 3. The van der Waals surface area contributed by atoms with E-state index in [-0.39, 0.29) is 0 Å². The van der Waals surface area contributed by atoms with Crippen molar-refractivity contribution in [1.82, 2.24) is 0 Å². The number of ether oxygens (including phenoxy) is 2. The predicted molar refractivity (Wildman–Crippen MR) is 89.5 cm³/mol. The first-order valence-electron chi connectivity index (χ1n) is 8.25. The molecule has 4 heteroatoms. The van der Waals surface area contributed by atoms with Gasteiger partial charge in [-0.1, -0.05) is 32.3 Å². The largest absolute Gasteiger partial charge is 0.487 e. The topological polar surface area (TPSA) is 30.8 Å². The summed E-state index contributed by atoms with van der Waals surface area (Å²) < 4.78 is 11.6. The summed E-state index contributed by atoms with van der Waals surface area (Å²) in [5.74, 6) is 1.86. The van der Waals surface area contributed by atoms with Crippen LogP contribution in [0.15, 0.2) is 11.1 Å². The molecule has 1 heterocycles. The molecule has 3 rings (SSSR count). The number of benzene rings is 1. The van der Waals surface area contributed by atoms with Crippen LogP contribution in [0.4, 0.5) is 0 Å². The fourth-order valence-corrected chi connectivity index (χ4v) is 3.35. The van der Waals surface area contributed by atoms with E-state index in [2.05, 4.69) is 27.1 Å². The summed E-state index contributed by atoms with van der Waals surface area (Å²) in [7, 11) is 2.09. The second-order valence-electron chi connectivity index (χ2n) is 6.04. The summed E-state index contributed by atoms with van der Waals surface area (Å²) >= 11 is 0. The third kappa shape index (κ3) is 3.09. The molecule has 1 aliphatic carbocycles. The first kappa shape index (κ1) is 14.5. The van der Waals surface area contributed by atoms with Crippen molar-refractivity contribution in [2.45, 2.75) is 51.5 Å². The molecule has 112 valence electrons. The van der Waals surface area contributed by atoms with Crippen LogP contribution in [0.25, 0.3) is 0 Å². The van der Waals surface area contributed by atoms with Gasteiger partial charge in [-0.25, -0.2) is 0 Å². The lowest BCUT2D eigenvalue weighted by atomic mass is 9.89. The highest BCUT2D eigenvalue weighted by atomic mass is 16.6. The van der Waals surface area contributed by atoms with E-state index >= 15 is 0 Å². The van der Waals surface area contributed by atoms with E-state index < -0.39 is 0 Å². The van der Waals surface area contributed by atoms with Crippen LogP contribution < -0.4 is 14.9 Å². The highest BCUT2D eigenvalue weighted by molar-refractivity contribution is 6.35. The fourth-order valence-electron chi connectivity index (χ4n) is 3.35. The monoisotopic (exact) mass is 285 g/mol. The van der Waals surface area contributed by atoms with Crippen LogP contribution in [0.5, 0.6) is 11.5 Å². The van der Waals surface area contributed by atoms with Gasteiger partial charge in [0.2, 0.25) is 0 Å². The van der Waals surface area contributed by atoms with E-state index in [4.69, 9.17) is 14.5 Å². The van der Waals surface area contributed by atoms with Crippen molar-refractivity contribution in [2.75, 3.05) is 13.2 Å². The summed E-state index contributed by atoms with van der Waals surface area (Å²) in [5, 5.41) is 0. The average molecular weight is 285 g/mol. The van der Waals surface area contributed by atoms with Gasteiger partial charge in [0.05, 0.1) is 0 Å². The van der Waals surface area contributed by atoms with Crippen LogP contribution in [0.2, 0.25) is 0 Å². The maximum absolute atomic E-state index is 5.87. The lowest BCUT2D eigenvalue weighted by Crippen LogP contribution is -2.23. The van der Waals surface area contributed by atoms with Gasteiger partial charge in [0, 0.05) is 17.8 Å². The Labute approximate surface area is 128 Å². The molecule has 1 fully saturated rings. The molecule has 0 atom stereocenters. The molecule has 0 spiro atoms. The Kier molecular flexibility index (Phi) is 4.52. The molecular formula is C17H24BNO2. The van der Waals surface area contributed by atoms with Crippen molar-refractivity contribution in [3.8, 4) is 11.5 Å². The van der Waals surface area contributed by atoms with Crippen LogP contribution in [0.1, 0.15) is 50.2 Å². The Balaban J connectivity index is 1.90. The van der Waals surface area contributed by atoms with Crippen molar-refractivity contribution in [3.05, 3.63) is 17.2 Å². The van der Waals surface area contributed by atoms with E-state index in [0.29, 0.717) is 19.3 Å². The maximum atomic E-state index is 5.87. The summed E-state index contributed by atoms with van der Waals surface area (Å²) in [4.78, 5) is 4.83. The highest BCUT2D eigenvalue weighted by Crippen LogP contribution is 2.34. The molecule has 0 aromatic heterocycles. The molecule has 1 aliphatic heterocycles. The Morgan fingerprint density at radius 3 is 2.62 bits per heavy atom. The molecule has 3 nitrogen and oxygen atoms in total. The van der Waals surface area contributed by atoms with Crippen LogP contribution in [-0.4, -0.2) is 33.3 Å². The number of aliphatic imine (C=N–C) groups is 1. The van der Waals surface area contributed by atoms with Gasteiger partial charge in [0.1, 0.15) is 21.1 Å². The number of hydrogen-bond acceptors (Lipinski definition) is 3. The zero-order chi connectivity index (χ0) is 14.7. The Bertz CT molecular complexity index is 536. The van der Waals surface area contributed by atoms with Gasteiger partial charge in [0.25, 0.3) is 0 Å². The van der Waals surface area contributed by atoms with Crippen molar-refractivity contribution >= 4 is 19.5 Å². The third-order valence-corrected chi connectivity index (χ3v) is 4.49. The van der Waals surface area contributed by atoms with E-state index in [1.54, 1.807) is 0 Å². The molecular weight excluding hydrogens is 261 g/mol. The summed E-state index contributed by atoms with van der Waals surface area (Å²) in [5.41, 5.74) is 3.58. The Hall–Kier alpha value is -1.45. The minimum absolute atomic E-state index is 0.511. The zero-order valence-corrected chi connectivity index (χ0v) is 13.2. The lowest BCUT2D eigenvalue weighted by molar-refractivity contribution is 0.171. The second kappa shape index (κ2) is 6.55. The molecule has 21 heavy (non-hydrogen) atoms. The second-order valence-corrected chi connectivity index (χ2v) is 6.04. The molecule has 1 aromatic carbocycles. The van der Waals surface area contributed by atoms with E-state index in [1.807, 2.05) is 0 Å². The summed E-state index contributed by atoms with van der Waals surface area (Å²) in [6.07, 6.45) is 9.50. The fraction of sp³-hybridized carbons (Fsp3) is 0.588. The van der Waals surface area contributed by atoms with Crippen molar-refractivity contribution in [1.29, 1.82) is 0 Å². The van der Waals surface area contributed by atoms with Crippen LogP contribution >= 0.6 is 0 Å². The van der Waals surface area contributed by atoms with Gasteiger partial charge in [-0.3, -0.25) is 4.99 Å². The molecule has 0 saturated heterocycles. The predicted octanol–water partition coefficient (Wildman–Crippen LogP) is 2.03. The van der Waals surface area contributed by atoms with Gasteiger partial charge in [-0.2, -0.15) is 0 Å². The van der Waals surface area contributed by atoms with Crippen LogP contribution in [0, 0.1) is 0 Å². The standard InChI is InChI=1S/C17H24BNO2/c1-2-14-12(11-19-13-6-4-3-5-7-13)10-15(18)17-16(14)20-8-9-21-17/h10-11,13H,2-9,18H2,1H3/b19-11+. The summed E-state index contributed by atoms with van der Waals surface area (Å²) in [6, 6.07) is 2.70. The van der Waals surface area contributed by atoms with Crippen LogP contribution in [0.3, 0.4) is 0 Å². The molecule has 0 amide bonds. The molecule has 0 bridgehead atoms. The van der Waals surface area contributed by atoms with Crippen LogP contribution in [-0.2, 0) is 6.42 Å². The number of hydrogen-bond donors (Lipinski definition) is 0. The molecule has 1 aromatic rings. The van der Waals surface area contributed by atoms with Gasteiger partial charge >= 0.3 is 0 Å². The van der Waals surface area contributed by atoms with Crippen molar-refractivity contribution in [2.24, 2.45) is 4.99 Å². The van der Waals surface area contributed by atoms with Crippen molar-refractivity contribution < 1.29 is 9.47 Å². The zero-order valence-electron chi connectivity index (χ0n) is 13.2. The molecule has 2 aliphatic rings. The lowest BCUT2D eigenvalue weighted by Gasteiger charge is -2.24. The van der Waals surface area contributed by atoms with E-state index in [9.17, 15) is 0 Å². The Morgan fingerprint density at radius 1 is 1.19 bits per heavy atom. The van der Waals surface area contributed by atoms with Gasteiger partial charge < -0.3 is 9.47 Å². The van der Waals surface area contributed by atoms with Gasteiger partial charge in [-0.15, -0.1) is 0 Å². The molecule has 0 N–H and O–H groups in total. The average Bonchev–Trinajstić information content (AvgIpc) is 2.54. The molecule has 0 radical (unpaired) electrons. The summed E-state index contributed by atoms with van der Waals surface area (Å²) in [6.45, 7) is 3.45. The third-order valence-electron chi connectivity index (χ3n) is 4.49. The van der Waals surface area contributed by atoms with E-state index in [1.165, 1.54) is 43.2 Å². The van der Waals surface area contributed by atoms with Crippen molar-refractivity contribution in [3.63, 3.8) is 0 Å². The molecule has 1 saturated carbocycles.